The number of pyridine rings is 2. The molecule has 4 rings (SSSR count). The molecule has 1 fully saturated rings. The number of nitrogens with zero attached hydrogens (tertiary/aromatic N) is 2. The molecule has 1 aliphatic rings. The van der Waals surface area contributed by atoms with Crippen LogP contribution in [0.5, 0.6) is 0 Å². The molecule has 0 bridgehead atoms. The van der Waals surface area contributed by atoms with E-state index in [1.165, 1.54) is 19.2 Å². The second-order valence-corrected chi connectivity index (χ2v) is 9.43. The molecule has 1 aromatic carbocycles. The molecule has 3 aromatic rings. The van der Waals surface area contributed by atoms with Crippen molar-refractivity contribution in [3.63, 3.8) is 0 Å². The quantitative estimate of drug-likeness (QED) is 0.247. The molecule has 0 spiro atoms. The monoisotopic (exact) mass is 706 g/mol. The fourth-order valence-electron chi connectivity index (χ4n) is 5.25. The first-order valence-electron chi connectivity index (χ1n) is 12.2. The van der Waals surface area contributed by atoms with Crippen molar-refractivity contribution in [2.24, 2.45) is 11.7 Å². The number of ether oxygens (including phenoxy) is 1. The van der Waals surface area contributed by atoms with E-state index in [1.54, 1.807) is 31.8 Å². The molecule has 4 unspecified atom stereocenters. The molecule has 2 aromatic heterocycles. The fraction of sp³-hybridized carbons (Fsp3) is 0.321. The maximum atomic E-state index is 15.4. The molecular weight excluding hydrogens is 676 g/mol. The number of aromatic nitrogens is 2. The number of rotatable bonds is 7. The molecule has 2 heterocycles. The van der Waals surface area contributed by atoms with E-state index in [4.69, 9.17) is 10.5 Å². The van der Waals surface area contributed by atoms with E-state index in [9.17, 15) is 14.0 Å². The zero-order chi connectivity index (χ0) is 27.4. The van der Waals surface area contributed by atoms with Crippen molar-refractivity contribution in [3.05, 3.63) is 83.2 Å². The van der Waals surface area contributed by atoms with Crippen molar-refractivity contribution < 1.29 is 44.2 Å². The van der Waals surface area contributed by atoms with Gasteiger partial charge in [0, 0.05) is 46.4 Å². The van der Waals surface area contributed by atoms with E-state index in [0.29, 0.717) is 30.3 Å². The van der Waals surface area contributed by atoms with Crippen molar-refractivity contribution in [3.8, 4) is 11.3 Å². The van der Waals surface area contributed by atoms with E-state index in [1.807, 2.05) is 13.1 Å². The SMILES string of the molecule is CNc1cnccc1C1CC(N)C(NC(=O)OC)C([CH-]c2cc(C)cc(F)c2-c2nc(C=O)ccc2F)C1.[W]. The van der Waals surface area contributed by atoms with Crippen LogP contribution >= 0.6 is 0 Å². The van der Waals surface area contributed by atoms with Crippen molar-refractivity contribution in [2.45, 2.75) is 37.8 Å². The fourth-order valence-corrected chi connectivity index (χ4v) is 5.25. The molecule has 0 aliphatic heterocycles. The summed E-state index contributed by atoms with van der Waals surface area (Å²) >= 11 is 0. The van der Waals surface area contributed by atoms with E-state index in [-0.39, 0.29) is 49.9 Å². The third kappa shape index (κ3) is 6.62. The van der Waals surface area contributed by atoms with Crippen molar-refractivity contribution in [1.82, 2.24) is 15.3 Å². The number of halogens is 2. The molecule has 0 saturated heterocycles. The first-order valence-corrected chi connectivity index (χ1v) is 12.2. The Morgan fingerprint density at radius 2 is 1.97 bits per heavy atom. The smallest absolute Gasteiger partial charge is 0.407 e. The Morgan fingerprint density at radius 1 is 1.21 bits per heavy atom. The van der Waals surface area contributed by atoms with E-state index in [0.717, 1.165) is 17.3 Å². The summed E-state index contributed by atoms with van der Waals surface area (Å²) in [4.78, 5) is 31.8. The van der Waals surface area contributed by atoms with E-state index >= 15 is 4.39 Å². The van der Waals surface area contributed by atoms with Gasteiger partial charge in [0.05, 0.1) is 30.5 Å². The number of nitrogens with one attached hydrogen (secondary N) is 2. The average Bonchev–Trinajstić information content (AvgIpc) is 2.90. The number of hydrogen-bond acceptors (Lipinski definition) is 7. The van der Waals surface area contributed by atoms with Crippen LogP contribution in [0.3, 0.4) is 0 Å². The average molecular weight is 706 g/mol. The molecule has 206 valence electrons. The van der Waals surface area contributed by atoms with Gasteiger partial charge in [-0.2, -0.15) is 18.1 Å². The van der Waals surface area contributed by atoms with E-state index in [2.05, 4.69) is 20.6 Å². The standard InChI is InChI=1S/C28H30F2N5O3.W/c1-15-8-17(25(22(30)9-15)27-21(29)5-4-19(14-36)34-27)11-18-10-16(20-6-7-33-13-24(20)32-2)12-23(31)26(18)35-28(37)38-3;/h4-9,11,13-14,16,18,23,26,32H,10,12,31H2,1-3H3,(H,35,37);/q-1;. The van der Waals surface area contributed by atoms with Crippen LogP contribution in [0.4, 0.5) is 19.3 Å². The maximum absolute atomic E-state index is 15.4. The first-order chi connectivity index (χ1) is 18.2. The Morgan fingerprint density at radius 3 is 2.67 bits per heavy atom. The van der Waals surface area contributed by atoms with Crippen LogP contribution < -0.4 is 16.4 Å². The van der Waals surface area contributed by atoms with Gasteiger partial charge < -0.3 is 21.1 Å². The molecule has 1 amide bonds. The van der Waals surface area contributed by atoms with Crippen molar-refractivity contribution in [1.29, 1.82) is 0 Å². The summed E-state index contributed by atoms with van der Waals surface area (Å²) in [5, 5.41) is 5.99. The van der Waals surface area contributed by atoms with Crippen LogP contribution in [-0.2, 0) is 25.8 Å². The predicted octanol–water partition coefficient (Wildman–Crippen LogP) is 4.38. The minimum atomic E-state index is -0.758. The summed E-state index contributed by atoms with van der Waals surface area (Å²) in [5.74, 6) is -1.81. The molecule has 8 nitrogen and oxygen atoms in total. The van der Waals surface area contributed by atoms with Gasteiger partial charge >= 0.3 is 6.09 Å². The summed E-state index contributed by atoms with van der Waals surface area (Å²) in [6.45, 7) is 1.73. The summed E-state index contributed by atoms with van der Waals surface area (Å²) in [5.41, 5.74) is 9.14. The van der Waals surface area contributed by atoms with Crippen molar-refractivity contribution >= 4 is 18.1 Å². The van der Waals surface area contributed by atoms with Crippen molar-refractivity contribution in [2.75, 3.05) is 19.5 Å². The molecule has 39 heavy (non-hydrogen) atoms. The summed E-state index contributed by atoms with van der Waals surface area (Å²) in [6, 6.07) is 6.27. The number of methoxy groups -OCH3 is 1. The molecule has 1 aliphatic carbocycles. The molecule has 11 heteroatoms. The minimum absolute atomic E-state index is 0. The zero-order valence-corrected chi connectivity index (χ0v) is 24.7. The van der Waals surface area contributed by atoms with E-state index < -0.39 is 29.8 Å². The van der Waals surface area contributed by atoms with Crippen LogP contribution in [0.1, 0.15) is 45.9 Å². The molecule has 1 saturated carbocycles. The number of aryl methyl sites for hydroxylation is 1. The minimum Gasteiger partial charge on any atom is -0.453 e. The number of hydrogen-bond donors (Lipinski definition) is 3. The van der Waals surface area contributed by atoms with Crippen LogP contribution in [-0.4, -0.2) is 48.6 Å². The van der Waals surface area contributed by atoms with Gasteiger partial charge in [0.15, 0.2) is 6.29 Å². The zero-order valence-electron chi connectivity index (χ0n) is 21.8. The second kappa shape index (κ2) is 13.1. The first kappa shape index (κ1) is 30.2. The Kier molecular flexibility index (Phi) is 10.2. The molecule has 4 atom stereocenters. The van der Waals surface area contributed by atoms with Crippen LogP contribution in [0.2, 0.25) is 0 Å². The van der Waals surface area contributed by atoms with Gasteiger partial charge in [-0.25, -0.2) is 13.6 Å². The van der Waals surface area contributed by atoms with Gasteiger partial charge in [0.25, 0.3) is 0 Å². The molecular formula is C28H30F2N5O3W-. The number of amides is 1. The summed E-state index contributed by atoms with van der Waals surface area (Å²) in [6.07, 6.45) is 6.22. The maximum Gasteiger partial charge on any atom is 0.407 e. The predicted molar refractivity (Wildman–Crippen MR) is 140 cm³/mol. The van der Waals surface area contributed by atoms with Gasteiger partial charge in [0.1, 0.15) is 11.5 Å². The van der Waals surface area contributed by atoms with Crippen LogP contribution in [0.25, 0.3) is 11.3 Å². The number of aldehydes is 1. The Hall–Kier alpha value is -3.36. The number of alkyl carbamates (subject to hydrolysis) is 1. The normalized spacial score (nSPS) is 20.4. The Balaban J connectivity index is 0.00000420. The van der Waals surface area contributed by atoms with Gasteiger partial charge in [-0.1, -0.05) is 12.5 Å². The number of carbonyl (C=O) groups is 2. The van der Waals surface area contributed by atoms with Gasteiger partial charge in [-0.3, -0.25) is 14.8 Å². The topological polar surface area (TPSA) is 119 Å². The third-order valence-corrected chi connectivity index (χ3v) is 6.95. The van der Waals surface area contributed by atoms with Crippen LogP contribution in [0, 0.1) is 30.9 Å². The molecule has 0 radical (unpaired) electrons. The van der Waals surface area contributed by atoms with Gasteiger partial charge in [-0.05, 0) is 54.5 Å². The Bertz CT molecular complexity index is 1340. The van der Waals surface area contributed by atoms with Crippen LogP contribution in [0.15, 0.2) is 42.7 Å². The van der Waals surface area contributed by atoms with Gasteiger partial charge in [0.2, 0.25) is 0 Å². The Labute approximate surface area is 240 Å². The number of nitrogens with two attached hydrogens (primary N) is 1. The third-order valence-electron chi connectivity index (χ3n) is 6.95. The largest absolute Gasteiger partial charge is 0.453 e. The van der Waals surface area contributed by atoms with Gasteiger partial charge in [-0.15, -0.1) is 5.56 Å². The summed E-state index contributed by atoms with van der Waals surface area (Å²) in [7, 11) is 3.08. The molecule has 4 N–H and O–H groups in total. The summed E-state index contributed by atoms with van der Waals surface area (Å²) < 4.78 is 35.1. The number of benzene rings is 1. The second-order valence-electron chi connectivity index (χ2n) is 9.43. The number of carbonyl (C=O) groups excluding carboxylic acids is 2. The number of anilines is 1.